The second kappa shape index (κ2) is 2.89. The molecule has 1 aliphatic rings. The smallest absolute Gasteiger partial charge is 0.120 e. The van der Waals surface area contributed by atoms with Crippen molar-refractivity contribution in [1.82, 2.24) is 0 Å². The molecule has 0 N–H and O–H groups in total. The fraction of sp³-hybridized carbons (Fsp3) is 0.200. The summed E-state index contributed by atoms with van der Waals surface area (Å²) in [6, 6.07) is 7.93. The third-order valence-corrected chi connectivity index (χ3v) is 2.08. The Morgan fingerprint density at radius 1 is 1.42 bits per heavy atom. The van der Waals surface area contributed by atoms with Crippen molar-refractivity contribution < 1.29 is 4.79 Å². The number of nitrogens with zero attached hydrogens (tertiary/aromatic N) is 1. The molecule has 0 saturated heterocycles. The van der Waals surface area contributed by atoms with Gasteiger partial charge in [-0.25, -0.2) is 0 Å². The molecule has 2 heteroatoms. The molecule has 12 heavy (non-hydrogen) atoms. The Labute approximate surface area is 70.9 Å². The molecule has 1 aromatic carbocycles. The third kappa shape index (κ3) is 1.05. The van der Waals surface area contributed by atoms with E-state index < -0.39 is 0 Å². The van der Waals surface area contributed by atoms with Crippen molar-refractivity contribution in [3.05, 3.63) is 29.8 Å². The van der Waals surface area contributed by atoms with E-state index in [0.717, 1.165) is 12.0 Å². The number of aliphatic imine (C=N–C) groups is 1. The van der Waals surface area contributed by atoms with Gasteiger partial charge in [0.05, 0.1) is 5.69 Å². The van der Waals surface area contributed by atoms with Gasteiger partial charge in [0.2, 0.25) is 0 Å². The maximum atomic E-state index is 10.3. The SMILES string of the molecule is O=CCC1C=Nc2ccccc21. The Balaban J connectivity index is 2.35. The van der Waals surface area contributed by atoms with Gasteiger partial charge in [0.25, 0.3) is 0 Å². The Bertz CT molecular complexity index is 330. The predicted octanol–water partition coefficient (Wildman–Crippen LogP) is 2.08. The molecule has 1 aliphatic heterocycles. The van der Waals surface area contributed by atoms with Crippen molar-refractivity contribution in [2.75, 3.05) is 0 Å². The lowest BCUT2D eigenvalue weighted by Gasteiger charge is -2.03. The highest BCUT2D eigenvalue weighted by Gasteiger charge is 2.16. The lowest BCUT2D eigenvalue weighted by molar-refractivity contribution is -0.107. The van der Waals surface area contributed by atoms with Crippen molar-refractivity contribution in [3.8, 4) is 0 Å². The molecule has 1 unspecified atom stereocenters. The second-order valence-electron chi connectivity index (χ2n) is 2.85. The zero-order valence-corrected chi connectivity index (χ0v) is 6.60. The molecule has 1 atom stereocenters. The van der Waals surface area contributed by atoms with Crippen LogP contribution in [0.1, 0.15) is 17.9 Å². The van der Waals surface area contributed by atoms with Gasteiger partial charge in [0, 0.05) is 18.6 Å². The van der Waals surface area contributed by atoms with Crippen LogP contribution in [0.3, 0.4) is 0 Å². The Hall–Kier alpha value is -1.44. The van der Waals surface area contributed by atoms with Crippen LogP contribution in [0.5, 0.6) is 0 Å². The standard InChI is InChI=1S/C10H9NO/c12-6-5-8-7-11-10-4-2-1-3-9(8)10/h1-4,6-8H,5H2. The minimum Gasteiger partial charge on any atom is -0.303 e. The summed E-state index contributed by atoms with van der Waals surface area (Å²) >= 11 is 0. The molecule has 0 aromatic heterocycles. The molecule has 1 heterocycles. The van der Waals surface area contributed by atoms with Crippen LogP contribution in [0.15, 0.2) is 29.3 Å². The number of carbonyl (C=O) groups excluding carboxylic acids is 1. The molecule has 0 radical (unpaired) electrons. The topological polar surface area (TPSA) is 29.4 Å². The summed E-state index contributed by atoms with van der Waals surface area (Å²) in [7, 11) is 0. The van der Waals surface area contributed by atoms with E-state index >= 15 is 0 Å². The number of hydrogen-bond donors (Lipinski definition) is 0. The zero-order chi connectivity index (χ0) is 8.39. The van der Waals surface area contributed by atoms with Crippen LogP contribution >= 0.6 is 0 Å². The Morgan fingerprint density at radius 2 is 2.25 bits per heavy atom. The summed E-state index contributed by atoms with van der Waals surface area (Å²) in [6.45, 7) is 0. The second-order valence-corrected chi connectivity index (χ2v) is 2.85. The molecule has 0 bridgehead atoms. The molecule has 0 fully saturated rings. The van der Waals surface area contributed by atoms with Crippen molar-refractivity contribution in [2.45, 2.75) is 12.3 Å². The van der Waals surface area contributed by atoms with Crippen LogP contribution in [0.2, 0.25) is 0 Å². The minimum absolute atomic E-state index is 0.207. The highest BCUT2D eigenvalue weighted by molar-refractivity contribution is 5.82. The van der Waals surface area contributed by atoms with Gasteiger partial charge in [-0.3, -0.25) is 4.99 Å². The van der Waals surface area contributed by atoms with Crippen LogP contribution in [-0.2, 0) is 4.79 Å². The highest BCUT2D eigenvalue weighted by Crippen LogP contribution is 2.32. The Morgan fingerprint density at radius 3 is 3.08 bits per heavy atom. The highest BCUT2D eigenvalue weighted by atomic mass is 16.1. The van der Waals surface area contributed by atoms with Crippen LogP contribution in [0, 0.1) is 0 Å². The summed E-state index contributed by atoms with van der Waals surface area (Å²) in [6.07, 6.45) is 3.33. The summed E-state index contributed by atoms with van der Waals surface area (Å²) < 4.78 is 0. The van der Waals surface area contributed by atoms with E-state index in [1.807, 2.05) is 30.5 Å². The normalized spacial score (nSPS) is 19.2. The molecular weight excluding hydrogens is 150 g/mol. The summed E-state index contributed by atoms with van der Waals surface area (Å²) in [4.78, 5) is 14.5. The number of para-hydroxylation sites is 1. The lowest BCUT2D eigenvalue weighted by Crippen LogP contribution is -1.95. The maximum Gasteiger partial charge on any atom is 0.120 e. The molecule has 60 valence electrons. The van der Waals surface area contributed by atoms with Gasteiger partial charge < -0.3 is 4.79 Å². The fourth-order valence-electron chi connectivity index (χ4n) is 1.46. The van der Waals surface area contributed by atoms with Gasteiger partial charge in [0.15, 0.2) is 0 Å². The largest absolute Gasteiger partial charge is 0.303 e. The summed E-state index contributed by atoms with van der Waals surface area (Å²) in [5.74, 6) is 0.207. The zero-order valence-electron chi connectivity index (χ0n) is 6.60. The third-order valence-electron chi connectivity index (χ3n) is 2.08. The minimum atomic E-state index is 0.207. The van der Waals surface area contributed by atoms with Crippen LogP contribution in [0.25, 0.3) is 0 Å². The van der Waals surface area contributed by atoms with Crippen molar-refractivity contribution in [3.63, 3.8) is 0 Å². The molecule has 0 saturated carbocycles. The average Bonchev–Trinajstić information content (AvgIpc) is 2.50. The van der Waals surface area contributed by atoms with Gasteiger partial charge >= 0.3 is 0 Å². The Kier molecular flexibility index (Phi) is 1.74. The first-order valence-electron chi connectivity index (χ1n) is 3.98. The van der Waals surface area contributed by atoms with E-state index in [1.165, 1.54) is 5.56 Å². The van der Waals surface area contributed by atoms with Gasteiger partial charge in [-0.05, 0) is 11.6 Å². The van der Waals surface area contributed by atoms with Crippen molar-refractivity contribution in [1.29, 1.82) is 0 Å². The summed E-state index contributed by atoms with van der Waals surface area (Å²) in [5.41, 5.74) is 2.17. The van der Waals surface area contributed by atoms with E-state index in [0.29, 0.717) is 6.42 Å². The quantitative estimate of drug-likeness (QED) is 0.607. The predicted molar refractivity (Wildman–Crippen MR) is 48.0 cm³/mol. The molecule has 0 aliphatic carbocycles. The first-order chi connectivity index (χ1) is 5.92. The fourth-order valence-corrected chi connectivity index (χ4v) is 1.46. The van der Waals surface area contributed by atoms with Gasteiger partial charge in [-0.1, -0.05) is 18.2 Å². The number of fused-ring (bicyclic) bond motifs is 1. The number of aldehydes is 1. The first kappa shape index (κ1) is 7.22. The molecule has 0 amide bonds. The van der Waals surface area contributed by atoms with E-state index in [9.17, 15) is 4.79 Å². The van der Waals surface area contributed by atoms with E-state index in [2.05, 4.69) is 4.99 Å². The first-order valence-corrected chi connectivity index (χ1v) is 3.98. The van der Waals surface area contributed by atoms with Gasteiger partial charge in [0.1, 0.15) is 6.29 Å². The van der Waals surface area contributed by atoms with Gasteiger partial charge in [-0.2, -0.15) is 0 Å². The number of benzene rings is 1. The number of carbonyl (C=O) groups is 1. The number of rotatable bonds is 2. The van der Waals surface area contributed by atoms with Crippen LogP contribution in [-0.4, -0.2) is 12.5 Å². The lowest BCUT2D eigenvalue weighted by atomic mass is 9.99. The van der Waals surface area contributed by atoms with Crippen molar-refractivity contribution >= 4 is 18.2 Å². The average molecular weight is 159 g/mol. The number of hydrogen-bond acceptors (Lipinski definition) is 2. The molecule has 1 aromatic rings. The van der Waals surface area contributed by atoms with Gasteiger partial charge in [-0.15, -0.1) is 0 Å². The molecule has 0 spiro atoms. The van der Waals surface area contributed by atoms with E-state index in [1.54, 1.807) is 0 Å². The molecular formula is C10H9NO. The van der Waals surface area contributed by atoms with E-state index in [4.69, 9.17) is 0 Å². The van der Waals surface area contributed by atoms with Crippen molar-refractivity contribution in [2.24, 2.45) is 4.99 Å². The monoisotopic (exact) mass is 159 g/mol. The van der Waals surface area contributed by atoms with Crippen LogP contribution < -0.4 is 0 Å². The summed E-state index contributed by atoms with van der Waals surface area (Å²) in [5, 5.41) is 0. The van der Waals surface area contributed by atoms with E-state index in [-0.39, 0.29) is 5.92 Å². The van der Waals surface area contributed by atoms with Crippen LogP contribution in [0.4, 0.5) is 5.69 Å². The molecule has 2 nitrogen and oxygen atoms in total. The maximum absolute atomic E-state index is 10.3. The molecule has 2 rings (SSSR count).